The first-order valence-electron chi connectivity index (χ1n) is 5.59. The molecule has 0 aromatic carbocycles. The van der Waals surface area contributed by atoms with E-state index < -0.39 is 0 Å². The molecule has 4 nitrogen and oxygen atoms in total. The van der Waals surface area contributed by atoms with Crippen molar-refractivity contribution in [1.29, 1.82) is 0 Å². The molecule has 0 spiro atoms. The minimum atomic E-state index is 0.206. The topological polar surface area (TPSA) is 52.9 Å². The van der Waals surface area contributed by atoms with Gasteiger partial charge >= 0.3 is 0 Å². The quantitative estimate of drug-likeness (QED) is 0.247. The van der Waals surface area contributed by atoms with Crippen LogP contribution in [-0.4, -0.2) is 40.9 Å². The predicted molar refractivity (Wildman–Crippen MR) is 69.1 cm³/mol. The zero-order valence-corrected chi connectivity index (χ0v) is 11.2. The summed E-state index contributed by atoms with van der Waals surface area (Å²) in [4.78, 5) is 12.9. The van der Waals surface area contributed by atoms with Crippen LogP contribution >= 0.6 is 11.8 Å². The van der Waals surface area contributed by atoms with Gasteiger partial charge in [-0.3, -0.25) is 4.79 Å². The summed E-state index contributed by atoms with van der Waals surface area (Å²) >= 11 is 1.57. The van der Waals surface area contributed by atoms with Crippen molar-refractivity contribution in [2.24, 2.45) is 5.16 Å². The molecule has 0 aromatic rings. The van der Waals surface area contributed by atoms with Gasteiger partial charge in [0.1, 0.15) is 5.04 Å². The Kier molecular flexibility index (Phi) is 9.09. The lowest BCUT2D eigenvalue weighted by Crippen LogP contribution is -2.20. The number of thioether (sulfide) groups is 1. The number of carbonyl (C=O) groups is 1. The maximum Gasteiger partial charge on any atom is 0.222 e. The molecule has 94 valence electrons. The van der Waals surface area contributed by atoms with Gasteiger partial charge in [-0.15, -0.1) is 11.8 Å². The van der Waals surface area contributed by atoms with Gasteiger partial charge in [0.25, 0.3) is 0 Å². The Balaban J connectivity index is 3.25. The van der Waals surface area contributed by atoms with Crippen LogP contribution in [0.4, 0.5) is 0 Å². The van der Waals surface area contributed by atoms with Crippen molar-refractivity contribution in [2.75, 3.05) is 19.8 Å². The second-order valence-electron chi connectivity index (χ2n) is 3.92. The molecule has 0 saturated heterocycles. The first kappa shape index (κ1) is 15.3. The van der Waals surface area contributed by atoms with Gasteiger partial charge in [-0.25, -0.2) is 0 Å². The average Bonchev–Trinajstić information content (AvgIpc) is 2.26. The van der Waals surface area contributed by atoms with Crippen LogP contribution in [0.3, 0.4) is 0 Å². The lowest BCUT2D eigenvalue weighted by Gasteiger charge is -2.09. The molecule has 1 amide bonds. The van der Waals surface area contributed by atoms with Crippen molar-refractivity contribution in [3.05, 3.63) is 0 Å². The highest BCUT2D eigenvalue weighted by Crippen LogP contribution is 2.10. The summed E-state index contributed by atoms with van der Waals surface area (Å²) < 4.78 is 0. The summed E-state index contributed by atoms with van der Waals surface area (Å²) in [5.41, 5.74) is 0. The smallest absolute Gasteiger partial charge is 0.222 e. The van der Waals surface area contributed by atoms with E-state index >= 15 is 0 Å². The summed E-state index contributed by atoms with van der Waals surface area (Å²) in [6.45, 7) is 1.79. The molecule has 0 aliphatic carbocycles. The Hall–Kier alpha value is -0.710. The van der Waals surface area contributed by atoms with Crippen LogP contribution in [0.25, 0.3) is 0 Å². The molecule has 0 fully saturated rings. The van der Waals surface area contributed by atoms with Gasteiger partial charge in [-0.05, 0) is 25.5 Å². The number of unbranched alkanes of at least 4 members (excludes halogenated alkanes) is 3. The molecule has 0 aliphatic rings. The molecule has 0 saturated carbocycles. The van der Waals surface area contributed by atoms with Gasteiger partial charge in [-0.1, -0.05) is 18.0 Å². The monoisotopic (exact) mass is 246 g/mol. The highest BCUT2D eigenvalue weighted by Gasteiger charge is 2.02. The van der Waals surface area contributed by atoms with E-state index in [9.17, 15) is 4.79 Å². The van der Waals surface area contributed by atoms with Crippen LogP contribution in [0.5, 0.6) is 0 Å². The number of amides is 1. The molecule has 1 N–H and O–H groups in total. The molecule has 0 aliphatic heterocycles. The van der Waals surface area contributed by atoms with Crippen LogP contribution in [-0.2, 0) is 4.79 Å². The third-order valence-corrected chi connectivity index (χ3v) is 3.23. The molecule has 0 aromatic heterocycles. The number of hydrogen-bond acceptors (Lipinski definition) is 4. The van der Waals surface area contributed by atoms with Crippen molar-refractivity contribution in [1.82, 2.24) is 4.90 Å². The normalized spacial score (nSPS) is 11.6. The number of nitrogens with zero attached hydrogens (tertiary/aromatic N) is 2. The van der Waals surface area contributed by atoms with E-state index in [1.54, 1.807) is 37.7 Å². The van der Waals surface area contributed by atoms with E-state index in [0.29, 0.717) is 11.5 Å². The number of oxime groups is 1. The molecule has 0 radical (unpaired) electrons. The molecule has 5 heteroatoms. The fourth-order valence-electron chi connectivity index (χ4n) is 1.20. The average molecular weight is 246 g/mol. The number of hydrogen-bond donors (Lipinski definition) is 1. The maximum absolute atomic E-state index is 11.2. The van der Waals surface area contributed by atoms with Crippen LogP contribution < -0.4 is 0 Å². The zero-order chi connectivity index (χ0) is 12.4. The van der Waals surface area contributed by atoms with Crippen LogP contribution in [0.15, 0.2) is 5.16 Å². The van der Waals surface area contributed by atoms with E-state index in [0.717, 1.165) is 31.4 Å². The number of rotatable bonds is 7. The first-order valence-corrected chi connectivity index (χ1v) is 6.58. The molecule has 0 heterocycles. The van der Waals surface area contributed by atoms with Crippen molar-refractivity contribution >= 4 is 22.7 Å². The molecule has 0 rings (SSSR count). The van der Waals surface area contributed by atoms with Gasteiger partial charge in [-0.2, -0.15) is 0 Å². The lowest BCUT2D eigenvalue weighted by atomic mass is 10.1. The first-order chi connectivity index (χ1) is 7.57. The Labute approximate surface area is 102 Å². The van der Waals surface area contributed by atoms with E-state index in [1.165, 1.54) is 0 Å². The standard InChI is InChI=1S/C11H22N2O2S/c1-10(12-15)16-9-7-5-4-6-8-11(14)13(2)3/h15H,4-9H2,1-3H3. The fraction of sp³-hybridized carbons (Fsp3) is 0.818. The zero-order valence-electron chi connectivity index (χ0n) is 10.4. The fourth-order valence-corrected chi connectivity index (χ4v) is 1.91. The van der Waals surface area contributed by atoms with Gasteiger partial charge < -0.3 is 10.1 Å². The van der Waals surface area contributed by atoms with Crippen molar-refractivity contribution in [3.8, 4) is 0 Å². The molecule has 0 bridgehead atoms. The Bertz CT molecular complexity index is 230. The van der Waals surface area contributed by atoms with Crippen LogP contribution in [0.2, 0.25) is 0 Å². The van der Waals surface area contributed by atoms with Crippen molar-refractivity contribution in [2.45, 2.75) is 39.0 Å². The van der Waals surface area contributed by atoms with Gasteiger partial charge in [0, 0.05) is 20.5 Å². The van der Waals surface area contributed by atoms with E-state index in [-0.39, 0.29) is 5.91 Å². The highest BCUT2D eigenvalue weighted by atomic mass is 32.2. The van der Waals surface area contributed by atoms with E-state index in [4.69, 9.17) is 5.21 Å². The van der Waals surface area contributed by atoms with Gasteiger partial charge in [0.05, 0.1) is 0 Å². The number of carbonyl (C=O) groups excluding carboxylic acids is 1. The van der Waals surface area contributed by atoms with E-state index in [2.05, 4.69) is 5.16 Å². The Morgan fingerprint density at radius 1 is 1.25 bits per heavy atom. The summed E-state index contributed by atoms with van der Waals surface area (Å²) in [6.07, 6.45) is 4.95. The predicted octanol–water partition coefficient (Wildman–Crippen LogP) is 2.57. The second kappa shape index (κ2) is 9.51. The van der Waals surface area contributed by atoms with Gasteiger partial charge in [0.2, 0.25) is 5.91 Å². The molecular formula is C11H22N2O2S. The second-order valence-corrected chi connectivity index (χ2v) is 5.21. The summed E-state index contributed by atoms with van der Waals surface area (Å²) in [5, 5.41) is 12.2. The highest BCUT2D eigenvalue weighted by molar-refractivity contribution is 8.13. The Morgan fingerprint density at radius 2 is 1.88 bits per heavy atom. The Morgan fingerprint density at radius 3 is 2.44 bits per heavy atom. The molecule has 16 heavy (non-hydrogen) atoms. The molecule has 0 unspecified atom stereocenters. The molecule has 0 atom stereocenters. The van der Waals surface area contributed by atoms with Gasteiger partial charge in [0.15, 0.2) is 0 Å². The van der Waals surface area contributed by atoms with Crippen LogP contribution in [0.1, 0.15) is 39.0 Å². The third kappa shape index (κ3) is 8.59. The minimum Gasteiger partial charge on any atom is -0.410 e. The van der Waals surface area contributed by atoms with Crippen molar-refractivity contribution < 1.29 is 10.0 Å². The van der Waals surface area contributed by atoms with Crippen molar-refractivity contribution in [3.63, 3.8) is 0 Å². The lowest BCUT2D eigenvalue weighted by molar-refractivity contribution is -0.128. The van der Waals surface area contributed by atoms with Crippen LogP contribution in [0, 0.1) is 0 Å². The minimum absolute atomic E-state index is 0.206. The maximum atomic E-state index is 11.2. The SMILES string of the molecule is CC(=NO)SCCCCCCC(=O)N(C)C. The third-order valence-electron chi connectivity index (χ3n) is 2.24. The summed E-state index contributed by atoms with van der Waals surface area (Å²) in [7, 11) is 3.58. The largest absolute Gasteiger partial charge is 0.410 e. The summed E-state index contributed by atoms with van der Waals surface area (Å²) in [5.74, 6) is 1.19. The van der Waals surface area contributed by atoms with E-state index in [1.807, 2.05) is 0 Å². The summed E-state index contributed by atoms with van der Waals surface area (Å²) in [6, 6.07) is 0. The molecular weight excluding hydrogens is 224 g/mol.